The van der Waals surface area contributed by atoms with Gasteiger partial charge in [-0.1, -0.05) is 0 Å². The van der Waals surface area contributed by atoms with Crippen molar-refractivity contribution in [2.24, 2.45) is 0 Å². The molecule has 0 radical (unpaired) electrons. The molecule has 0 saturated carbocycles. The molecule has 0 unspecified atom stereocenters. The van der Waals surface area contributed by atoms with Gasteiger partial charge >= 0.3 is 250 Å². The fourth-order valence-electron chi connectivity index (χ4n) is 2.97. The molecule has 0 bridgehead atoms. The monoisotopic (exact) mass is 844 g/mol. The number of benzene rings is 3. The Bertz CT molecular complexity index is 994. The molecule has 0 heterocycles. The van der Waals surface area contributed by atoms with Crippen LogP contribution in [-0.2, 0) is 0 Å². The topological polar surface area (TPSA) is 0 Å². The minimum absolute atomic E-state index is 0.147. The molecular formula is C18H3Cl12Tl. The summed E-state index contributed by atoms with van der Waals surface area (Å²) in [5.74, 6) is 0. The predicted octanol–water partition coefficient (Wildman–Crippen LogP) is 10.0. The van der Waals surface area contributed by atoms with Gasteiger partial charge in [0.05, 0.1) is 0 Å². The third-order valence-electron chi connectivity index (χ3n) is 4.30. The Balaban J connectivity index is 2.61. The van der Waals surface area contributed by atoms with Crippen LogP contribution in [0.3, 0.4) is 0 Å². The molecule has 0 atom stereocenters. The molecular weight excluding hydrogens is 846 g/mol. The molecule has 13 heteroatoms. The molecule has 3 aromatic rings. The zero-order valence-electron chi connectivity index (χ0n) is 14.3. The number of rotatable bonds is 3. The maximum absolute atomic E-state index is 6.61. The molecule has 0 aliphatic carbocycles. The Labute approximate surface area is 246 Å². The van der Waals surface area contributed by atoms with Crippen LogP contribution in [0.15, 0.2) is 18.2 Å². The van der Waals surface area contributed by atoms with Crippen molar-refractivity contribution in [3.05, 3.63) is 78.5 Å². The number of hydrogen-bond acceptors (Lipinski definition) is 0. The van der Waals surface area contributed by atoms with Crippen molar-refractivity contribution in [2.45, 2.75) is 0 Å². The van der Waals surface area contributed by atoms with Crippen LogP contribution in [0.25, 0.3) is 0 Å². The van der Waals surface area contributed by atoms with Crippen molar-refractivity contribution < 1.29 is 0 Å². The van der Waals surface area contributed by atoms with Crippen molar-refractivity contribution >= 4 is 171 Å². The van der Waals surface area contributed by atoms with Crippen molar-refractivity contribution in [3.8, 4) is 0 Å². The Hall–Kier alpha value is 2.06. The van der Waals surface area contributed by atoms with Crippen molar-refractivity contribution in [1.82, 2.24) is 0 Å². The second kappa shape index (κ2) is 11.0. The molecule has 0 spiro atoms. The Kier molecular flexibility index (Phi) is 9.80. The van der Waals surface area contributed by atoms with Crippen LogP contribution in [-0.4, -0.2) is 22.7 Å². The molecule has 162 valence electrons. The molecule has 0 fully saturated rings. The molecule has 0 aliphatic heterocycles. The zero-order valence-corrected chi connectivity index (χ0v) is 27.9. The van der Waals surface area contributed by atoms with Crippen LogP contribution in [0.5, 0.6) is 0 Å². The molecule has 0 N–H and O–H groups in total. The van der Waals surface area contributed by atoms with E-state index in [4.69, 9.17) is 139 Å². The first-order valence-corrected chi connectivity index (χ1v) is 19.1. The zero-order chi connectivity index (χ0) is 23.4. The number of hydrogen-bond donors (Lipinski definition) is 0. The molecule has 3 aromatic carbocycles. The van der Waals surface area contributed by atoms with Gasteiger partial charge in [0.2, 0.25) is 0 Å². The minimum atomic E-state index is -4.19. The summed E-state index contributed by atoms with van der Waals surface area (Å²) in [4.78, 5) is 0. The van der Waals surface area contributed by atoms with Gasteiger partial charge in [-0.05, 0) is 0 Å². The summed E-state index contributed by atoms with van der Waals surface area (Å²) in [6.45, 7) is 0. The summed E-state index contributed by atoms with van der Waals surface area (Å²) in [5.41, 5.74) is 0. The normalized spacial score (nSPS) is 11.2. The third kappa shape index (κ3) is 5.28. The standard InChI is InChI=1S/3C6HCl4.Tl/c3*7-3-1-4(8)6(10)2-5(3)9;/h3*1H;. The molecule has 0 nitrogen and oxygen atoms in total. The van der Waals surface area contributed by atoms with Gasteiger partial charge < -0.3 is 0 Å². The van der Waals surface area contributed by atoms with Gasteiger partial charge in [0.1, 0.15) is 0 Å². The Morgan fingerprint density at radius 2 is 0.484 bits per heavy atom. The van der Waals surface area contributed by atoms with E-state index in [1.54, 1.807) is 0 Å². The van der Waals surface area contributed by atoms with Gasteiger partial charge in [0.25, 0.3) is 0 Å². The SMILES string of the molecule is Clc1cc(Cl)c(Cl)[c]([Tl]([c]2c(Cl)c(Cl)cc(Cl)c2Cl)[c]2c(Cl)c(Cl)cc(Cl)c2Cl)c1Cl. The summed E-state index contributed by atoms with van der Waals surface area (Å²) < 4.78 is 1.26. The summed E-state index contributed by atoms with van der Waals surface area (Å²) in [6.07, 6.45) is 0. The average Bonchev–Trinajstić information content (AvgIpc) is 2.69. The van der Waals surface area contributed by atoms with Crippen LogP contribution in [0, 0.1) is 0 Å². The van der Waals surface area contributed by atoms with Crippen LogP contribution >= 0.6 is 139 Å². The summed E-state index contributed by atoms with van der Waals surface area (Å²) in [6, 6.07) is 4.26. The van der Waals surface area contributed by atoms with E-state index in [1.165, 1.54) is 18.2 Å². The molecule has 0 saturated heterocycles. The van der Waals surface area contributed by atoms with Crippen molar-refractivity contribution in [2.75, 3.05) is 0 Å². The van der Waals surface area contributed by atoms with E-state index in [0.717, 1.165) is 0 Å². The fourth-order valence-corrected chi connectivity index (χ4v) is 26.2. The van der Waals surface area contributed by atoms with E-state index in [-0.39, 0.29) is 60.3 Å². The Morgan fingerprint density at radius 3 is 0.645 bits per heavy atom. The van der Waals surface area contributed by atoms with Crippen LogP contribution < -0.4 is 9.37 Å². The second-order valence-corrected chi connectivity index (χ2v) is 20.9. The van der Waals surface area contributed by atoms with E-state index in [2.05, 4.69) is 0 Å². The van der Waals surface area contributed by atoms with Crippen molar-refractivity contribution in [3.63, 3.8) is 0 Å². The first-order chi connectivity index (χ1) is 14.4. The molecule has 31 heavy (non-hydrogen) atoms. The predicted molar refractivity (Wildman–Crippen MR) is 144 cm³/mol. The molecule has 0 amide bonds. The van der Waals surface area contributed by atoms with E-state index in [9.17, 15) is 0 Å². The van der Waals surface area contributed by atoms with Crippen LogP contribution in [0.4, 0.5) is 0 Å². The third-order valence-corrected chi connectivity index (χ3v) is 26.9. The maximum atomic E-state index is 6.61. The molecule has 0 aliphatic rings. The quantitative estimate of drug-likeness (QED) is 0.182. The van der Waals surface area contributed by atoms with Crippen molar-refractivity contribution in [1.29, 1.82) is 0 Å². The summed E-state index contributed by atoms with van der Waals surface area (Å²) in [5, 5.41) is 1.87. The van der Waals surface area contributed by atoms with E-state index in [0.29, 0.717) is 9.37 Å². The fraction of sp³-hybridized carbons (Fsp3) is 0. The van der Waals surface area contributed by atoms with Crippen LogP contribution in [0.1, 0.15) is 0 Å². The van der Waals surface area contributed by atoms with E-state index in [1.807, 2.05) is 0 Å². The Morgan fingerprint density at radius 1 is 0.323 bits per heavy atom. The van der Waals surface area contributed by atoms with Crippen LogP contribution in [0.2, 0.25) is 60.3 Å². The first-order valence-electron chi connectivity index (χ1n) is 7.87. The van der Waals surface area contributed by atoms with E-state index < -0.39 is 22.7 Å². The second-order valence-electron chi connectivity index (χ2n) is 6.08. The molecule has 3 rings (SSSR count). The van der Waals surface area contributed by atoms with Gasteiger partial charge in [-0.25, -0.2) is 0 Å². The van der Waals surface area contributed by atoms with Gasteiger partial charge in [-0.3, -0.25) is 0 Å². The van der Waals surface area contributed by atoms with Gasteiger partial charge in [-0.15, -0.1) is 0 Å². The van der Waals surface area contributed by atoms with Gasteiger partial charge in [0.15, 0.2) is 0 Å². The number of halogens is 12. The van der Waals surface area contributed by atoms with E-state index >= 15 is 0 Å². The summed E-state index contributed by atoms with van der Waals surface area (Å²) in [7, 11) is 0. The first kappa shape index (κ1) is 27.6. The van der Waals surface area contributed by atoms with Gasteiger partial charge in [0, 0.05) is 0 Å². The molecule has 0 aromatic heterocycles. The summed E-state index contributed by atoms with van der Waals surface area (Å²) >= 11 is 73.4. The van der Waals surface area contributed by atoms with Gasteiger partial charge in [-0.2, -0.15) is 0 Å². The average molecular weight is 849 g/mol.